The van der Waals surface area contributed by atoms with Gasteiger partial charge in [0.1, 0.15) is 0 Å². The topological polar surface area (TPSA) is 38.3 Å². The Kier molecular flexibility index (Phi) is 8.03. The predicted molar refractivity (Wildman–Crippen MR) is 148 cm³/mol. The van der Waals surface area contributed by atoms with Gasteiger partial charge in [0.2, 0.25) is 0 Å². The fraction of sp³-hybridized carbons (Fsp3) is 0.379. The smallest absolute Gasteiger partial charge is 0.261 e. The summed E-state index contributed by atoms with van der Waals surface area (Å²) >= 11 is 0. The van der Waals surface area contributed by atoms with Crippen LogP contribution in [0.1, 0.15) is 54.0 Å². The molecule has 2 atom stereocenters. The molecule has 0 aromatic heterocycles. The van der Waals surface area contributed by atoms with Crippen LogP contribution in [0.5, 0.6) is 0 Å². The lowest BCUT2D eigenvalue weighted by Crippen LogP contribution is -2.68. The van der Waals surface area contributed by atoms with Crippen LogP contribution in [0.25, 0.3) is 0 Å². The lowest BCUT2D eigenvalue weighted by Gasteiger charge is -2.45. The van der Waals surface area contributed by atoms with E-state index in [1.165, 1.54) is 10.4 Å². The molecule has 34 heavy (non-hydrogen) atoms. The first-order chi connectivity index (χ1) is 15.9. The lowest BCUT2D eigenvalue weighted by molar-refractivity contribution is 0.206. The van der Waals surface area contributed by atoms with Gasteiger partial charge in [0.05, 0.1) is 27.9 Å². The van der Waals surface area contributed by atoms with Crippen molar-refractivity contribution in [1.29, 1.82) is 0 Å². The van der Waals surface area contributed by atoms with Crippen molar-refractivity contribution in [2.45, 2.75) is 63.8 Å². The zero-order valence-corrected chi connectivity index (χ0v) is 23.4. The summed E-state index contributed by atoms with van der Waals surface area (Å²) in [5.74, 6) is 0. The molecule has 0 spiro atoms. The molecule has 0 amide bonds. The SMILES string of the molecule is CC(C)(C)S(=O)N[C@@](C)(CO[Si](c1ccccc1)(c1ccccc1)C(C)(C)C)c1ccccc1. The molecule has 1 unspecified atom stereocenters. The second kappa shape index (κ2) is 10.3. The number of hydrogen-bond donors (Lipinski definition) is 1. The average Bonchev–Trinajstić information content (AvgIpc) is 2.80. The van der Waals surface area contributed by atoms with Gasteiger partial charge in [-0.15, -0.1) is 0 Å². The minimum Gasteiger partial charge on any atom is -0.405 e. The van der Waals surface area contributed by atoms with E-state index in [9.17, 15) is 4.21 Å². The maximum Gasteiger partial charge on any atom is 0.261 e. The minimum absolute atomic E-state index is 0.128. The molecular formula is C29H39NO2SSi. The first-order valence-corrected chi connectivity index (χ1v) is 15.0. The van der Waals surface area contributed by atoms with E-state index < -0.39 is 29.6 Å². The van der Waals surface area contributed by atoms with E-state index >= 15 is 0 Å². The highest BCUT2D eigenvalue weighted by atomic mass is 32.2. The normalized spacial score (nSPS) is 15.5. The fourth-order valence-electron chi connectivity index (χ4n) is 4.35. The van der Waals surface area contributed by atoms with Crippen LogP contribution >= 0.6 is 0 Å². The van der Waals surface area contributed by atoms with Gasteiger partial charge in [-0.25, -0.2) is 8.93 Å². The number of hydrogen-bond acceptors (Lipinski definition) is 2. The third kappa shape index (κ3) is 5.60. The van der Waals surface area contributed by atoms with Crippen molar-refractivity contribution in [3.05, 3.63) is 96.6 Å². The highest BCUT2D eigenvalue weighted by Gasteiger charge is 2.51. The van der Waals surface area contributed by atoms with Gasteiger partial charge in [0.25, 0.3) is 8.32 Å². The Labute approximate surface area is 209 Å². The third-order valence-electron chi connectivity index (χ3n) is 6.28. The molecule has 0 aliphatic heterocycles. The molecule has 3 rings (SSSR count). The van der Waals surface area contributed by atoms with Crippen LogP contribution in [0.3, 0.4) is 0 Å². The quantitative estimate of drug-likeness (QED) is 0.419. The molecule has 0 radical (unpaired) electrons. The van der Waals surface area contributed by atoms with Gasteiger partial charge >= 0.3 is 0 Å². The molecule has 182 valence electrons. The van der Waals surface area contributed by atoms with Crippen LogP contribution in [0, 0.1) is 0 Å². The fourth-order valence-corrected chi connectivity index (χ4v) is 9.90. The Morgan fingerprint density at radius 2 is 1.12 bits per heavy atom. The van der Waals surface area contributed by atoms with Gasteiger partial charge in [-0.3, -0.25) is 0 Å². The first-order valence-electron chi connectivity index (χ1n) is 11.9. The summed E-state index contributed by atoms with van der Waals surface area (Å²) in [5.41, 5.74) is 0.428. The molecule has 0 fully saturated rings. The van der Waals surface area contributed by atoms with Crippen molar-refractivity contribution in [2.24, 2.45) is 0 Å². The van der Waals surface area contributed by atoms with Crippen molar-refractivity contribution in [3.63, 3.8) is 0 Å². The third-order valence-corrected chi connectivity index (χ3v) is 13.0. The number of rotatable bonds is 8. The molecular weight excluding hydrogens is 454 g/mol. The lowest BCUT2D eigenvalue weighted by atomic mass is 9.94. The molecule has 0 aliphatic carbocycles. The summed E-state index contributed by atoms with van der Waals surface area (Å²) in [6.07, 6.45) is 0. The summed E-state index contributed by atoms with van der Waals surface area (Å²) in [4.78, 5) is 0. The molecule has 3 aromatic carbocycles. The molecule has 3 aromatic rings. The summed E-state index contributed by atoms with van der Waals surface area (Å²) in [6, 6.07) is 31.5. The average molecular weight is 494 g/mol. The van der Waals surface area contributed by atoms with Crippen LogP contribution in [0.4, 0.5) is 0 Å². The molecule has 0 aliphatic rings. The monoisotopic (exact) mass is 493 g/mol. The molecule has 0 bridgehead atoms. The maximum atomic E-state index is 13.3. The second-order valence-electron chi connectivity index (χ2n) is 11.1. The van der Waals surface area contributed by atoms with E-state index in [0.29, 0.717) is 6.61 Å². The van der Waals surface area contributed by atoms with E-state index in [4.69, 9.17) is 4.43 Å². The molecule has 1 N–H and O–H groups in total. The van der Waals surface area contributed by atoms with E-state index in [2.05, 4.69) is 105 Å². The summed E-state index contributed by atoms with van der Waals surface area (Å²) in [7, 11) is -3.99. The Bertz CT molecular complexity index is 1040. The minimum atomic E-state index is -2.73. The van der Waals surface area contributed by atoms with Crippen LogP contribution in [-0.2, 0) is 21.0 Å². The summed E-state index contributed by atoms with van der Waals surface area (Å²) in [6.45, 7) is 15.3. The predicted octanol–water partition coefficient (Wildman–Crippen LogP) is 5.53. The summed E-state index contributed by atoms with van der Waals surface area (Å²) < 4.78 is 23.6. The highest BCUT2D eigenvalue weighted by Crippen LogP contribution is 2.38. The molecule has 0 saturated carbocycles. The standard InChI is InChI=1S/C29H39NO2SSi/c1-27(2,3)33(31)30-29(7,24-17-11-8-12-18-24)23-32-34(28(4,5)6,25-19-13-9-14-20-25)26-21-15-10-16-22-26/h8-22,30H,23H2,1-7H3/t29-,33?/m0/s1. The molecule has 3 nitrogen and oxygen atoms in total. The van der Waals surface area contributed by atoms with Gasteiger partial charge in [0.15, 0.2) is 0 Å². The zero-order chi connectivity index (χ0) is 25.0. The summed E-state index contributed by atoms with van der Waals surface area (Å²) in [5, 5.41) is 2.35. The van der Waals surface area contributed by atoms with Gasteiger partial charge in [-0.05, 0) is 48.7 Å². The van der Waals surface area contributed by atoms with Crippen LogP contribution in [0.15, 0.2) is 91.0 Å². The molecule has 0 heterocycles. The first kappa shape index (κ1) is 26.5. The largest absolute Gasteiger partial charge is 0.405 e. The second-order valence-corrected chi connectivity index (χ2v) is 17.4. The van der Waals surface area contributed by atoms with Crippen LogP contribution in [0.2, 0.25) is 5.04 Å². The van der Waals surface area contributed by atoms with Crippen LogP contribution < -0.4 is 15.1 Å². The van der Waals surface area contributed by atoms with Crippen molar-refractivity contribution in [3.8, 4) is 0 Å². The van der Waals surface area contributed by atoms with Gasteiger partial charge < -0.3 is 4.43 Å². The zero-order valence-electron chi connectivity index (χ0n) is 21.6. The van der Waals surface area contributed by atoms with E-state index in [0.717, 1.165) is 5.56 Å². The Morgan fingerprint density at radius 1 is 0.706 bits per heavy atom. The maximum absolute atomic E-state index is 13.3. The van der Waals surface area contributed by atoms with Crippen molar-refractivity contribution >= 4 is 29.7 Å². The molecule has 0 saturated heterocycles. The highest BCUT2D eigenvalue weighted by molar-refractivity contribution is 7.84. The van der Waals surface area contributed by atoms with Gasteiger partial charge in [-0.1, -0.05) is 112 Å². The Morgan fingerprint density at radius 3 is 1.50 bits per heavy atom. The Hall–Kier alpha value is -2.05. The Balaban J connectivity index is 2.13. The van der Waals surface area contributed by atoms with Gasteiger partial charge in [0, 0.05) is 0 Å². The van der Waals surface area contributed by atoms with Crippen LogP contribution in [-0.4, -0.2) is 23.9 Å². The van der Waals surface area contributed by atoms with E-state index in [1.54, 1.807) is 0 Å². The van der Waals surface area contributed by atoms with Crippen molar-refractivity contribution in [2.75, 3.05) is 6.61 Å². The van der Waals surface area contributed by atoms with Gasteiger partial charge in [-0.2, -0.15) is 0 Å². The number of benzene rings is 3. The van der Waals surface area contributed by atoms with Crippen molar-refractivity contribution in [1.82, 2.24) is 4.72 Å². The van der Waals surface area contributed by atoms with Crippen molar-refractivity contribution < 1.29 is 8.63 Å². The number of nitrogens with one attached hydrogen (secondary N) is 1. The van der Waals surface area contributed by atoms with E-state index in [1.807, 2.05) is 39.0 Å². The van der Waals surface area contributed by atoms with E-state index in [-0.39, 0.29) is 5.04 Å². The molecule has 5 heteroatoms.